The molecule has 0 aliphatic carbocycles. The molecule has 0 amide bonds. The lowest BCUT2D eigenvalue weighted by atomic mass is 9.90. The van der Waals surface area contributed by atoms with Crippen molar-refractivity contribution in [1.29, 1.82) is 0 Å². The van der Waals surface area contributed by atoms with Crippen molar-refractivity contribution in [2.24, 2.45) is 11.8 Å². The first-order valence-corrected chi connectivity index (χ1v) is 6.23. The number of ketones is 1. The van der Waals surface area contributed by atoms with Gasteiger partial charge in [0, 0.05) is 12.3 Å². The molecule has 0 spiro atoms. The van der Waals surface area contributed by atoms with E-state index in [1.165, 1.54) is 0 Å². The molecule has 0 aromatic carbocycles. The summed E-state index contributed by atoms with van der Waals surface area (Å²) in [7, 11) is 0. The number of hydrogen-bond donors (Lipinski definition) is 0. The summed E-state index contributed by atoms with van der Waals surface area (Å²) < 4.78 is 5.10. The second kappa shape index (κ2) is 8.31. The van der Waals surface area contributed by atoms with E-state index in [1.807, 2.05) is 20.8 Å². The third kappa shape index (κ3) is 5.29. The van der Waals surface area contributed by atoms with E-state index in [-0.39, 0.29) is 23.6 Å². The molecule has 3 heteroatoms. The molecular weight excluding hydrogens is 204 g/mol. The Bertz CT molecular complexity index is 223. The molecule has 2 unspecified atom stereocenters. The van der Waals surface area contributed by atoms with Gasteiger partial charge in [0.05, 0.1) is 12.5 Å². The van der Waals surface area contributed by atoms with Gasteiger partial charge in [-0.1, -0.05) is 34.1 Å². The van der Waals surface area contributed by atoms with Crippen LogP contribution < -0.4 is 0 Å². The molecule has 16 heavy (non-hydrogen) atoms. The third-order valence-electron chi connectivity index (χ3n) is 2.87. The second-order valence-electron chi connectivity index (χ2n) is 4.31. The van der Waals surface area contributed by atoms with Gasteiger partial charge >= 0.3 is 5.97 Å². The molecule has 0 aliphatic rings. The average Bonchev–Trinajstić information content (AvgIpc) is 2.27. The van der Waals surface area contributed by atoms with Crippen molar-refractivity contribution >= 4 is 11.8 Å². The number of esters is 1. The van der Waals surface area contributed by atoms with Gasteiger partial charge in [-0.2, -0.15) is 0 Å². The Labute approximate surface area is 98.6 Å². The van der Waals surface area contributed by atoms with Gasteiger partial charge in [0.25, 0.3) is 0 Å². The summed E-state index contributed by atoms with van der Waals surface area (Å²) in [4.78, 5) is 23.2. The highest BCUT2D eigenvalue weighted by Gasteiger charge is 2.26. The fourth-order valence-electron chi connectivity index (χ4n) is 1.41. The molecule has 0 heterocycles. The van der Waals surface area contributed by atoms with Crippen LogP contribution in [0.2, 0.25) is 0 Å². The van der Waals surface area contributed by atoms with Gasteiger partial charge in [0.1, 0.15) is 5.78 Å². The molecular formula is C13H24O3. The predicted octanol–water partition coefficient (Wildman–Crippen LogP) is 2.97. The van der Waals surface area contributed by atoms with Crippen LogP contribution in [0.3, 0.4) is 0 Å². The van der Waals surface area contributed by atoms with E-state index in [2.05, 4.69) is 0 Å². The van der Waals surface area contributed by atoms with Crippen molar-refractivity contribution in [3.05, 3.63) is 0 Å². The number of carbonyl (C=O) groups is 2. The van der Waals surface area contributed by atoms with Crippen molar-refractivity contribution in [2.45, 2.75) is 53.4 Å². The normalized spacial score (nSPS) is 14.2. The van der Waals surface area contributed by atoms with E-state index in [9.17, 15) is 9.59 Å². The van der Waals surface area contributed by atoms with Crippen LogP contribution in [0.25, 0.3) is 0 Å². The van der Waals surface area contributed by atoms with Gasteiger partial charge in [0.15, 0.2) is 0 Å². The second-order valence-corrected chi connectivity index (χ2v) is 4.31. The highest BCUT2D eigenvalue weighted by atomic mass is 16.5. The highest BCUT2D eigenvalue weighted by molar-refractivity contribution is 5.86. The molecule has 94 valence electrons. The minimum absolute atomic E-state index is 0.155. The molecule has 0 N–H and O–H groups in total. The van der Waals surface area contributed by atoms with E-state index >= 15 is 0 Å². The molecule has 0 aromatic rings. The van der Waals surface area contributed by atoms with E-state index in [0.29, 0.717) is 13.0 Å². The Kier molecular flexibility index (Phi) is 7.86. The molecule has 0 radical (unpaired) electrons. The summed E-state index contributed by atoms with van der Waals surface area (Å²) in [5.41, 5.74) is 0. The maximum absolute atomic E-state index is 11.6. The smallest absolute Gasteiger partial charge is 0.309 e. The van der Waals surface area contributed by atoms with Crippen LogP contribution >= 0.6 is 0 Å². The fraction of sp³-hybridized carbons (Fsp3) is 0.846. The van der Waals surface area contributed by atoms with E-state index in [0.717, 1.165) is 19.3 Å². The quantitative estimate of drug-likeness (QED) is 0.474. The first-order chi connectivity index (χ1) is 7.54. The molecule has 0 aliphatic heterocycles. The number of hydrogen-bond acceptors (Lipinski definition) is 3. The Balaban J connectivity index is 4.05. The maximum Gasteiger partial charge on any atom is 0.309 e. The van der Waals surface area contributed by atoms with Gasteiger partial charge in [-0.05, 0) is 12.8 Å². The Morgan fingerprint density at radius 1 is 1.06 bits per heavy atom. The van der Waals surface area contributed by atoms with E-state index in [1.54, 1.807) is 6.92 Å². The summed E-state index contributed by atoms with van der Waals surface area (Å²) in [6, 6.07) is 0. The lowest BCUT2D eigenvalue weighted by molar-refractivity contribution is -0.151. The number of rotatable bonds is 8. The zero-order valence-electron chi connectivity index (χ0n) is 10.9. The van der Waals surface area contributed by atoms with Gasteiger partial charge < -0.3 is 4.74 Å². The summed E-state index contributed by atoms with van der Waals surface area (Å²) in [6.45, 7) is 8.06. The summed E-state index contributed by atoms with van der Waals surface area (Å²) in [5.74, 6) is -0.641. The Hall–Kier alpha value is -0.860. The number of unbranched alkanes of at least 4 members (excludes halogenated alkanes) is 1. The van der Waals surface area contributed by atoms with Crippen molar-refractivity contribution in [2.75, 3.05) is 6.61 Å². The fourth-order valence-corrected chi connectivity index (χ4v) is 1.41. The highest BCUT2D eigenvalue weighted by Crippen LogP contribution is 2.16. The van der Waals surface area contributed by atoms with Gasteiger partial charge in [0.2, 0.25) is 0 Å². The number of Topliss-reactive ketones (excluding diaryl/α,β-unsaturated/α-hetero) is 1. The lowest BCUT2D eigenvalue weighted by Gasteiger charge is -2.17. The summed E-state index contributed by atoms with van der Waals surface area (Å²) in [6.07, 6.45) is 3.27. The van der Waals surface area contributed by atoms with Gasteiger partial charge in [-0.15, -0.1) is 0 Å². The van der Waals surface area contributed by atoms with Crippen molar-refractivity contribution in [3.8, 4) is 0 Å². The maximum atomic E-state index is 11.6. The first kappa shape index (κ1) is 15.1. The van der Waals surface area contributed by atoms with Crippen LogP contribution in [0.15, 0.2) is 0 Å². The van der Waals surface area contributed by atoms with Gasteiger partial charge in [-0.25, -0.2) is 0 Å². The van der Waals surface area contributed by atoms with Crippen LogP contribution in [0.1, 0.15) is 53.4 Å². The van der Waals surface area contributed by atoms with E-state index < -0.39 is 0 Å². The molecule has 0 saturated carbocycles. The zero-order chi connectivity index (χ0) is 12.6. The van der Waals surface area contributed by atoms with Crippen LogP contribution in [-0.2, 0) is 14.3 Å². The SMILES string of the molecule is CCCCOC(=O)C(C)C(C)C(=O)CCC. The molecule has 2 atom stereocenters. The average molecular weight is 228 g/mol. The molecule has 0 bridgehead atoms. The van der Waals surface area contributed by atoms with Crippen LogP contribution in [0, 0.1) is 11.8 Å². The first-order valence-electron chi connectivity index (χ1n) is 6.23. The minimum Gasteiger partial charge on any atom is -0.465 e. The topological polar surface area (TPSA) is 43.4 Å². The third-order valence-corrected chi connectivity index (χ3v) is 2.87. The predicted molar refractivity (Wildman–Crippen MR) is 64.1 cm³/mol. The summed E-state index contributed by atoms with van der Waals surface area (Å²) in [5, 5.41) is 0. The lowest BCUT2D eigenvalue weighted by Crippen LogP contribution is -2.27. The molecule has 0 rings (SSSR count). The Morgan fingerprint density at radius 3 is 2.19 bits per heavy atom. The number of ether oxygens (including phenoxy) is 1. The molecule has 3 nitrogen and oxygen atoms in total. The summed E-state index contributed by atoms with van der Waals surface area (Å²) >= 11 is 0. The van der Waals surface area contributed by atoms with Crippen molar-refractivity contribution in [1.82, 2.24) is 0 Å². The standard InChI is InChI=1S/C13H24O3/c1-5-7-9-16-13(15)11(4)10(3)12(14)8-6-2/h10-11H,5-9H2,1-4H3. The van der Waals surface area contributed by atoms with Gasteiger partial charge in [-0.3, -0.25) is 9.59 Å². The number of carbonyl (C=O) groups excluding carboxylic acids is 2. The van der Waals surface area contributed by atoms with Crippen molar-refractivity contribution in [3.63, 3.8) is 0 Å². The van der Waals surface area contributed by atoms with E-state index in [4.69, 9.17) is 4.74 Å². The van der Waals surface area contributed by atoms with Crippen LogP contribution in [0.4, 0.5) is 0 Å². The molecule has 0 saturated heterocycles. The zero-order valence-corrected chi connectivity index (χ0v) is 10.9. The molecule has 0 fully saturated rings. The van der Waals surface area contributed by atoms with Crippen LogP contribution in [-0.4, -0.2) is 18.4 Å². The van der Waals surface area contributed by atoms with Crippen LogP contribution in [0.5, 0.6) is 0 Å². The Morgan fingerprint density at radius 2 is 1.69 bits per heavy atom. The largest absolute Gasteiger partial charge is 0.465 e. The van der Waals surface area contributed by atoms with Crippen molar-refractivity contribution < 1.29 is 14.3 Å². The monoisotopic (exact) mass is 228 g/mol. The molecule has 0 aromatic heterocycles. The minimum atomic E-state index is -0.323.